The van der Waals surface area contributed by atoms with Gasteiger partial charge < -0.3 is 21.5 Å². The van der Waals surface area contributed by atoms with Gasteiger partial charge in [0.25, 0.3) is 0 Å². The molecule has 1 heterocycles. The molecule has 0 spiro atoms. The molecule has 0 saturated carbocycles. The van der Waals surface area contributed by atoms with Crippen LogP contribution in [0, 0.1) is 5.41 Å². The predicted octanol–water partition coefficient (Wildman–Crippen LogP) is 0.580. The Morgan fingerprint density at radius 3 is 2.18 bits per heavy atom. The fraction of sp³-hybridized carbons (Fsp3) is 0.259. The van der Waals surface area contributed by atoms with Gasteiger partial charge in [0.2, 0.25) is 21.8 Å². The average Bonchev–Trinajstić information content (AvgIpc) is 2.93. The van der Waals surface area contributed by atoms with Gasteiger partial charge in [-0.2, -0.15) is 0 Å². The van der Waals surface area contributed by atoms with E-state index >= 15 is 0 Å². The number of carbonyl (C=O) groups is 2. The van der Waals surface area contributed by atoms with E-state index in [1.54, 1.807) is 79.1 Å². The molecule has 2 aromatic carbocycles. The first-order chi connectivity index (χ1) is 18.7. The maximum Gasteiger partial charge on any atom is 0.245 e. The van der Waals surface area contributed by atoms with Crippen LogP contribution >= 0.6 is 0 Å². The van der Waals surface area contributed by atoms with Gasteiger partial charge in [-0.05, 0) is 41.7 Å². The molecule has 12 heteroatoms. The van der Waals surface area contributed by atoms with Crippen molar-refractivity contribution in [3.05, 3.63) is 101 Å². The van der Waals surface area contributed by atoms with Crippen LogP contribution < -0.4 is 21.1 Å². The topological polar surface area (TPSA) is 187 Å². The summed E-state index contributed by atoms with van der Waals surface area (Å²) in [4.78, 5) is 29.8. The minimum absolute atomic E-state index is 0.0773. The van der Waals surface area contributed by atoms with Crippen molar-refractivity contribution in [3.63, 3.8) is 0 Å². The number of rotatable bonds is 14. The molecule has 206 valence electrons. The maximum absolute atomic E-state index is 13.2. The number of amidine groups is 1. The van der Waals surface area contributed by atoms with Crippen molar-refractivity contribution in [3.8, 4) is 0 Å². The molecule has 0 fully saturated rings. The van der Waals surface area contributed by atoms with Gasteiger partial charge in [-0.25, -0.2) is 13.1 Å². The zero-order chi connectivity index (χ0) is 28.3. The molecule has 39 heavy (non-hydrogen) atoms. The van der Waals surface area contributed by atoms with E-state index in [2.05, 4.69) is 20.3 Å². The number of aromatic nitrogens is 1. The van der Waals surface area contributed by atoms with Crippen LogP contribution in [0.1, 0.15) is 28.7 Å². The zero-order valence-corrected chi connectivity index (χ0v) is 22.0. The number of sulfonamides is 1. The van der Waals surface area contributed by atoms with Crippen LogP contribution in [0.5, 0.6) is 0 Å². The molecule has 0 radical (unpaired) electrons. The summed E-state index contributed by atoms with van der Waals surface area (Å²) < 4.78 is 28.2. The second kappa shape index (κ2) is 14.1. The number of hydrogen-bond acceptors (Lipinski definition) is 7. The lowest BCUT2D eigenvalue weighted by molar-refractivity contribution is -0.130. The van der Waals surface area contributed by atoms with Crippen molar-refractivity contribution in [2.45, 2.75) is 37.2 Å². The third kappa shape index (κ3) is 9.60. The van der Waals surface area contributed by atoms with E-state index < -0.39 is 40.5 Å². The second-order valence-electron chi connectivity index (χ2n) is 8.88. The summed E-state index contributed by atoms with van der Waals surface area (Å²) in [6.45, 7) is -0.576. The lowest BCUT2D eigenvalue weighted by Crippen LogP contribution is -2.55. The predicted molar refractivity (Wildman–Crippen MR) is 147 cm³/mol. The molecule has 11 nitrogen and oxygen atoms in total. The van der Waals surface area contributed by atoms with Crippen LogP contribution in [0.2, 0.25) is 0 Å². The highest BCUT2D eigenvalue weighted by molar-refractivity contribution is 7.88. The van der Waals surface area contributed by atoms with Gasteiger partial charge in [-0.15, -0.1) is 0 Å². The van der Waals surface area contributed by atoms with Gasteiger partial charge in [0, 0.05) is 24.5 Å². The Morgan fingerprint density at radius 2 is 1.56 bits per heavy atom. The fourth-order valence-electron chi connectivity index (χ4n) is 3.74. The number of nitrogens with one attached hydrogen (secondary N) is 4. The molecular formula is C27H32N6O5S. The molecular weight excluding hydrogens is 520 g/mol. The number of carbonyl (C=O) groups excluding carboxylic acids is 2. The number of aliphatic hydroxyl groups excluding tert-OH is 1. The van der Waals surface area contributed by atoms with Crippen LogP contribution in [0.15, 0.2) is 79.1 Å². The zero-order valence-electron chi connectivity index (χ0n) is 21.2. The van der Waals surface area contributed by atoms with Gasteiger partial charge in [0.1, 0.15) is 17.9 Å². The summed E-state index contributed by atoms with van der Waals surface area (Å²) in [5.74, 6) is -1.77. The number of hydrogen-bond donors (Lipinski definition) is 6. The van der Waals surface area contributed by atoms with Gasteiger partial charge in [0.05, 0.1) is 12.4 Å². The largest absolute Gasteiger partial charge is 0.394 e. The number of aliphatic hydroxyl groups is 1. The number of aryl methyl sites for hydroxylation is 1. The van der Waals surface area contributed by atoms with E-state index in [0.717, 1.165) is 11.1 Å². The van der Waals surface area contributed by atoms with Crippen LogP contribution in [0.25, 0.3) is 0 Å². The molecule has 3 aromatic rings. The summed E-state index contributed by atoms with van der Waals surface area (Å²) in [7, 11) is -3.91. The summed E-state index contributed by atoms with van der Waals surface area (Å²) in [5.41, 5.74) is 8.12. The lowest BCUT2D eigenvalue weighted by Gasteiger charge is -2.22. The van der Waals surface area contributed by atoms with Crippen molar-refractivity contribution in [2.24, 2.45) is 5.73 Å². The Hall–Kier alpha value is -4.13. The first-order valence-electron chi connectivity index (χ1n) is 12.2. The highest BCUT2D eigenvalue weighted by Crippen LogP contribution is 2.10. The maximum atomic E-state index is 13.2. The van der Waals surface area contributed by atoms with E-state index in [-0.39, 0.29) is 24.6 Å². The van der Waals surface area contributed by atoms with Crippen molar-refractivity contribution in [2.75, 3.05) is 6.61 Å². The molecule has 0 aliphatic heterocycles. The minimum Gasteiger partial charge on any atom is -0.394 e. The van der Waals surface area contributed by atoms with Crippen molar-refractivity contribution < 1.29 is 23.1 Å². The van der Waals surface area contributed by atoms with Gasteiger partial charge in [0.15, 0.2) is 0 Å². The molecule has 7 N–H and O–H groups in total. The van der Waals surface area contributed by atoms with E-state index in [4.69, 9.17) is 11.1 Å². The van der Waals surface area contributed by atoms with Gasteiger partial charge in [-0.3, -0.25) is 20.0 Å². The minimum atomic E-state index is -3.91. The SMILES string of the molecule is N=C(N)c1ccc(CNC(=O)[C@H](CO)NC(=O)[C@@H](CCc2ccncc2)NS(=O)(=O)Cc2ccccc2)cc1. The number of nitrogens with two attached hydrogens (primary N) is 1. The van der Waals surface area contributed by atoms with Crippen molar-refractivity contribution >= 4 is 27.7 Å². The summed E-state index contributed by atoms with van der Waals surface area (Å²) in [6.07, 6.45) is 3.69. The van der Waals surface area contributed by atoms with E-state index in [1.165, 1.54) is 0 Å². The Bertz CT molecular complexity index is 1350. The molecule has 2 amide bonds. The van der Waals surface area contributed by atoms with Crippen molar-refractivity contribution in [1.82, 2.24) is 20.3 Å². The van der Waals surface area contributed by atoms with Crippen LogP contribution in [-0.4, -0.2) is 54.8 Å². The number of nitrogen functional groups attached to an aromatic ring is 1. The summed E-state index contributed by atoms with van der Waals surface area (Å²) in [6, 6.07) is 16.3. The third-order valence-electron chi connectivity index (χ3n) is 5.86. The molecule has 0 aliphatic rings. The molecule has 0 unspecified atom stereocenters. The van der Waals surface area contributed by atoms with Crippen LogP contribution in [0.4, 0.5) is 0 Å². The lowest BCUT2D eigenvalue weighted by atomic mass is 10.1. The van der Waals surface area contributed by atoms with Crippen LogP contribution in [0.3, 0.4) is 0 Å². The van der Waals surface area contributed by atoms with Crippen LogP contribution in [-0.2, 0) is 38.3 Å². The first kappa shape index (κ1) is 29.4. The first-order valence-corrected chi connectivity index (χ1v) is 13.9. The van der Waals surface area contributed by atoms with E-state index in [1.807, 2.05) is 0 Å². The normalized spacial score (nSPS) is 12.7. The van der Waals surface area contributed by atoms with Crippen molar-refractivity contribution in [1.29, 1.82) is 5.41 Å². The fourth-order valence-corrected chi connectivity index (χ4v) is 5.11. The quantitative estimate of drug-likeness (QED) is 0.125. The molecule has 0 aliphatic carbocycles. The Morgan fingerprint density at radius 1 is 0.897 bits per heavy atom. The number of pyridine rings is 1. The molecule has 0 bridgehead atoms. The monoisotopic (exact) mass is 552 g/mol. The van der Waals surface area contributed by atoms with E-state index in [0.29, 0.717) is 17.5 Å². The Kier molecular flexibility index (Phi) is 10.7. The molecule has 0 saturated heterocycles. The third-order valence-corrected chi connectivity index (χ3v) is 7.21. The average molecular weight is 553 g/mol. The Labute approximate surface area is 227 Å². The van der Waals surface area contributed by atoms with Gasteiger partial charge in [-0.1, -0.05) is 54.6 Å². The summed E-state index contributed by atoms with van der Waals surface area (Å²) >= 11 is 0. The highest BCUT2D eigenvalue weighted by atomic mass is 32.2. The highest BCUT2D eigenvalue weighted by Gasteiger charge is 2.28. The Balaban J connectivity index is 1.66. The number of nitrogens with zero attached hydrogens (tertiary/aromatic N) is 1. The smallest absolute Gasteiger partial charge is 0.245 e. The number of amides is 2. The molecule has 3 rings (SSSR count). The number of benzene rings is 2. The van der Waals surface area contributed by atoms with Gasteiger partial charge >= 0.3 is 0 Å². The summed E-state index contributed by atoms with van der Waals surface area (Å²) in [5, 5.41) is 22.3. The second-order valence-corrected chi connectivity index (χ2v) is 10.6. The standard InChI is InChI=1S/C27H32N6O5S/c28-25(29)22-9-6-20(7-10-22)16-31-26(35)24(17-34)32-27(36)23(11-8-19-12-14-30-15-13-19)33-39(37,38)18-21-4-2-1-3-5-21/h1-7,9-10,12-15,23-24,33-34H,8,11,16-18H2,(H3,28,29)(H,31,35)(H,32,36)/t23-,24+/m1/s1. The van der Waals surface area contributed by atoms with E-state index in [9.17, 15) is 23.1 Å². The molecule has 2 atom stereocenters. The molecule has 1 aromatic heterocycles.